The summed E-state index contributed by atoms with van der Waals surface area (Å²) in [5.41, 5.74) is 5.83. The molecule has 4 atom stereocenters. The highest BCUT2D eigenvalue weighted by molar-refractivity contribution is 6.30. The number of hydrogen-bond acceptors (Lipinski definition) is 4. The molecule has 0 aromatic heterocycles. The van der Waals surface area contributed by atoms with Gasteiger partial charge >= 0.3 is 5.97 Å². The molecule has 1 heterocycles. The van der Waals surface area contributed by atoms with Crippen LogP contribution in [0.4, 0.5) is 8.78 Å². The highest BCUT2D eigenvalue weighted by Gasteiger charge is 2.58. The molecular formula is C26H33ClF2N2O2. The van der Waals surface area contributed by atoms with E-state index in [9.17, 15) is 9.18 Å². The highest BCUT2D eigenvalue weighted by Crippen LogP contribution is 2.49. The molecule has 2 aromatic carbocycles. The summed E-state index contributed by atoms with van der Waals surface area (Å²) in [5, 5.41) is 3.31. The molecule has 0 saturated carbocycles. The molecule has 3 rings (SSSR count). The third-order valence-corrected chi connectivity index (χ3v) is 6.24. The number of rotatable bonds is 4. The number of halogens is 3. The van der Waals surface area contributed by atoms with Crippen LogP contribution in [0.1, 0.15) is 65.0 Å². The number of hydrogen-bond donors (Lipinski definition) is 2. The number of carbonyl (C=O) groups is 1. The smallest absolute Gasteiger partial charge is 0.324 e. The third kappa shape index (κ3) is 5.39. The van der Waals surface area contributed by atoms with Crippen LogP contribution in [-0.4, -0.2) is 23.7 Å². The molecule has 1 aliphatic rings. The fraction of sp³-hybridized carbons (Fsp3) is 0.500. The van der Waals surface area contributed by atoms with Gasteiger partial charge in [0.25, 0.3) is 0 Å². The van der Waals surface area contributed by atoms with E-state index in [0.717, 1.165) is 0 Å². The first kappa shape index (κ1) is 25.6. The minimum absolute atomic E-state index is 0.0591. The molecule has 1 aliphatic heterocycles. The number of benzene rings is 2. The van der Waals surface area contributed by atoms with Crippen LogP contribution in [0, 0.1) is 17.0 Å². The summed E-state index contributed by atoms with van der Waals surface area (Å²) in [7, 11) is 0. The highest BCUT2D eigenvalue weighted by atomic mass is 35.5. The van der Waals surface area contributed by atoms with E-state index in [4.69, 9.17) is 22.1 Å². The van der Waals surface area contributed by atoms with Crippen LogP contribution in [-0.2, 0) is 15.1 Å². The molecule has 0 aliphatic carbocycles. The van der Waals surface area contributed by atoms with Crippen LogP contribution in [0.15, 0.2) is 42.5 Å². The molecule has 4 nitrogen and oxygen atoms in total. The van der Waals surface area contributed by atoms with Crippen LogP contribution in [0.25, 0.3) is 0 Å². The van der Waals surface area contributed by atoms with Gasteiger partial charge in [-0.25, -0.2) is 8.78 Å². The van der Waals surface area contributed by atoms with E-state index >= 15 is 4.39 Å². The quantitative estimate of drug-likeness (QED) is 0.555. The van der Waals surface area contributed by atoms with E-state index in [1.54, 1.807) is 45.0 Å². The summed E-state index contributed by atoms with van der Waals surface area (Å²) in [6.45, 7) is 11.5. The van der Waals surface area contributed by atoms with Gasteiger partial charge < -0.3 is 10.5 Å². The van der Waals surface area contributed by atoms with Crippen molar-refractivity contribution in [2.24, 2.45) is 11.1 Å². The minimum atomic E-state index is -1.24. The first-order valence-corrected chi connectivity index (χ1v) is 11.5. The first-order chi connectivity index (χ1) is 15.1. The van der Waals surface area contributed by atoms with Gasteiger partial charge in [-0.3, -0.25) is 10.1 Å². The average Bonchev–Trinajstić information content (AvgIpc) is 2.95. The molecule has 2 aromatic rings. The van der Waals surface area contributed by atoms with Crippen molar-refractivity contribution in [3.05, 3.63) is 70.2 Å². The Morgan fingerprint density at radius 3 is 2.24 bits per heavy atom. The maximum atomic E-state index is 15.4. The van der Waals surface area contributed by atoms with Crippen molar-refractivity contribution in [2.75, 3.05) is 0 Å². The lowest BCUT2D eigenvalue weighted by molar-refractivity contribution is -0.157. The summed E-state index contributed by atoms with van der Waals surface area (Å²) >= 11 is 6.13. The molecule has 1 saturated heterocycles. The Morgan fingerprint density at radius 2 is 1.70 bits per heavy atom. The van der Waals surface area contributed by atoms with Gasteiger partial charge in [0.05, 0.1) is 10.6 Å². The molecule has 1 fully saturated rings. The van der Waals surface area contributed by atoms with Crippen LogP contribution < -0.4 is 11.1 Å². The van der Waals surface area contributed by atoms with Gasteiger partial charge in [0, 0.05) is 12.0 Å². The largest absolute Gasteiger partial charge is 0.459 e. The van der Waals surface area contributed by atoms with E-state index in [0.29, 0.717) is 12.0 Å². The maximum absolute atomic E-state index is 15.4. The van der Waals surface area contributed by atoms with Crippen LogP contribution in [0.2, 0.25) is 5.02 Å². The lowest BCUT2D eigenvalue weighted by atomic mass is 9.68. The van der Waals surface area contributed by atoms with E-state index < -0.39 is 46.7 Å². The Morgan fingerprint density at radius 1 is 1.09 bits per heavy atom. The molecule has 0 bridgehead atoms. The van der Waals surface area contributed by atoms with Crippen molar-refractivity contribution in [1.29, 1.82) is 0 Å². The van der Waals surface area contributed by atoms with Crippen molar-refractivity contribution < 1.29 is 18.3 Å². The SMILES string of the molecule is CC(C)(C)C[C@@H]1N[C@@H](C(=O)OC(C)(C)C)[C@H](c2cccc(Cl)c2F)[C@@]1(N)c1ccc(F)cc1. The van der Waals surface area contributed by atoms with Gasteiger partial charge in [-0.15, -0.1) is 0 Å². The molecule has 0 radical (unpaired) electrons. The van der Waals surface area contributed by atoms with Crippen molar-refractivity contribution in [3.8, 4) is 0 Å². The minimum Gasteiger partial charge on any atom is -0.459 e. The lowest BCUT2D eigenvalue weighted by Gasteiger charge is -2.39. The molecule has 3 N–H and O–H groups in total. The predicted octanol–water partition coefficient (Wildman–Crippen LogP) is 5.67. The molecule has 0 unspecified atom stereocenters. The van der Waals surface area contributed by atoms with Crippen molar-refractivity contribution in [1.82, 2.24) is 5.32 Å². The molecule has 0 amide bonds. The van der Waals surface area contributed by atoms with Crippen LogP contribution in [0.5, 0.6) is 0 Å². The summed E-state index contributed by atoms with van der Waals surface area (Å²) in [6, 6.07) is 9.16. The van der Waals surface area contributed by atoms with Crippen LogP contribution >= 0.6 is 11.6 Å². The van der Waals surface area contributed by atoms with E-state index in [2.05, 4.69) is 26.1 Å². The normalized spacial score (nSPS) is 25.8. The Hall–Kier alpha value is -2.02. The van der Waals surface area contributed by atoms with Crippen molar-refractivity contribution >= 4 is 17.6 Å². The molecule has 0 spiro atoms. The number of ether oxygens (including phenoxy) is 1. The summed E-state index contributed by atoms with van der Waals surface area (Å²) < 4.78 is 34.9. The Labute approximate surface area is 199 Å². The van der Waals surface area contributed by atoms with E-state index in [1.165, 1.54) is 18.2 Å². The monoisotopic (exact) mass is 478 g/mol. The second kappa shape index (κ2) is 8.97. The van der Waals surface area contributed by atoms with Gasteiger partial charge in [-0.2, -0.15) is 0 Å². The zero-order valence-corrected chi connectivity index (χ0v) is 20.8. The number of esters is 1. The summed E-state index contributed by atoms with van der Waals surface area (Å²) in [4.78, 5) is 13.4. The maximum Gasteiger partial charge on any atom is 0.324 e. The summed E-state index contributed by atoms with van der Waals surface area (Å²) in [5.74, 6) is -2.41. The average molecular weight is 479 g/mol. The number of nitrogens with one attached hydrogen (secondary N) is 1. The zero-order chi connectivity index (χ0) is 24.8. The van der Waals surface area contributed by atoms with Gasteiger partial charge in [-0.05, 0) is 61.9 Å². The van der Waals surface area contributed by atoms with Crippen molar-refractivity contribution in [2.45, 2.75) is 77.1 Å². The van der Waals surface area contributed by atoms with Gasteiger partial charge in [0.2, 0.25) is 0 Å². The molecule has 180 valence electrons. The third-order valence-electron chi connectivity index (χ3n) is 5.94. The van der Waals surface area contributed by atoms with E-state index in [1.807, 2.05) is 0 Å². The number of nitrogens with two attached hydrogens (primary N) is 1. The topological polar surface area (TPSA) is 64.3 Å². The second-order valence-electron chi connectivity index (χ2n) is 11.1. The number of carbonyl (C=O) groups excluding carboxylic acids is 1. The fourth-order valence-electron chi connectivity index (χ4n) is 4.67. The standard InChI is InChI=1S/C26H33ClF2N2O2/c1-24(2,3)14-19-26(30,15-10-12-16(28)13-11-15)20(17-8-7-9-18(27)21(17)29)22(31-19)23(32)33-25(4,5)6/h7-13,19-20,22,31H,14,30H2,1-6H3/t19-,20-,22+,26+/m0/s1. The van der Waals surface area contributed by atoms with Gasteiger partial charge in [0.15, 0.2) is 0 Å². The summed E-state index contributed by atoms with van der Waals surface area (Å²) in [6.07, 6.45) is 0.582. The predicted molar refractivity (Wildman–Crippen MR) is 127 cm³/mol. The Bertz CT molecular complexity index is 1010. The lowest BCUT2D eigenvalue weighted by Crippen LogP contribution is -2.52. The van der Waals surface area contributed by atoms with Gasteiger partial charge in [-0.1, -0.05) is 56.6 Å². The Balaban J connectivity index is 2.25. The van der Waals surface area contributed by atoms with Crippen LogP contribution in [0.3, 0.4) is 0 Å². The molecule has 33 heavy (non-hydrogen) atoms. The first-order valence-electron chi connectivity index (χ1n) is 11.1. The molecule has 7 heteroatoms. The molecular weight excluding hydrogens is 446 g/mol. The van der Waals surface area contributed by atoms with Gasteiger partial charge in [0.1, 0.15) is 23.3 Å². The van der Waals surface area contributed by atoms with Crippen molar-refractivity contribution in [3.63, 3.8) is 0 Å². The van der Waals surface area contributed by atoms with E-state index in [-0.39, 0.29) is 16.0 Å². The zero-order valence-electron chi connectivity index (χ0n) is 20.0. The Kier molecular flexibility index (Phi) is 6.96. The fourth-order valence-corrected chi connectivity index (χ4v) is 4.85. The second-order valence-corrected chi connectivity index (χ2v) is 11.5.